The molecule has 0 amide bonds. The minimum absolute atomic E-state index is 0.297. The number of halogens is 2. The lowest BCUT2D eigenvalue weighted by atomic mass is 10.1. The van der Waals surface area contributed by atoms with Gasteiger partial charge in [0.25, 0.3) is 0 Å². The molecule has 0 heterocycles. The Labute approximate surface area is 88.3 Å². The fourth-order valence-corrected chi connectivity index (χ4v) is 1.17. The van der Waals surface area contributed by atoms with E-state index in [1.165, 1.54) is 12.1 Å². The Morgan fingerprint density at radius 1 is 1.27 bits per heavy atom. The summed E-state index contributed by atoms with van der Waals surface area (Å²) in [5.74, 6) is -6.16. The number of carbonyl (C=O) groups excluding carboxylic acids is 2. The summed E-state index contributed by atoms with van der Waals surface area (Å²) in [7, 11) is 0. The molecule has 0 radical (unpaired) electrons. The molecule has 1 N–H and O–H groups in total. The van der Waals surface area contributed by atoms with Crippen molar-refractivity contribution in [2.45, 2.75) is 0 Å². The van der Waals surface area contributed by atoms with Gasteiger partial charge >= 0.3 is 11.8 Å². The third-order valence-electron chi connectivity index (χ3n) is 1.59. The highest BCUT2D eigenvalue weighted by Gasteiger charge is 2.27. The van der Waals surface area contributed by atoms with Gasteiger partial charge in [-0.3, -0.25) is 9.59 Å². The maximum absolute atomic E-state index is 13.1. The molecule has 1 rings (SSSR count). The van der Waals surface area contributed by atoms with Crippen molar-refractivity contribution >= 4 is 29.1 Å². The Morgan fingerprint density at radius 2 is 1.87 bits per heavy atom. The number of hydrogen-bond acceptors (Lipinski definition) is 3. The van der Waals surface area contributed by atoms with Gasteiger partial charge < -0.3 is 5.11 Å². The van der Waals surface area contributed by atoms with Gasteiger partial charge in [0.1, 0.15) is 5.82 Å². The number of carboxylic acids is 1. The maximum Gasteiger partial charge on any atom is 0.380 e. The molecule has 0 aliphatic heterocycles. The second kappa shape index (κ2) is 4.18. The third-order valence-corrected chi connectivity index (χ3v) is 1.91. The number of carboxylic acid groups (broad SMARTS) is 1. The van der Waals surface area contributed by atoms with Gasteiger partial charge in [-0.1, -0.05) is 17.7 Å². The van der Waals surface area contributed by atoms with Crippen LogP contribution in [0.3, 0.4) is 0 Å². The molecule has 0 aliphatic rings. The van der Waals surface area contributed by atoms with E-state index in [0.29, 0.717) is 0 Å². The Bertz CT molecular complexity index is 435. The van der Waals surface area contributed by atoms with Crippen LogP contribution >= 0.6 is 11.6 Å². The predicted molar refractivity (Wildman–Crippen MR) is 48.4 cm³/mol. The second-order valence-electron chi connectivity index (χ2n) is 2.56. The molecule has 15 heavy (non-hydrogen) atoms. The highest BCUT2D eigenvalue weighted by Crippen LogP contribution is 2.19. The number of ketones is 2. The van der Waals surface area contributed by atoms with Crippen molar-refractivity contribution in [3.63, 3.8) is 0 Å². The number of benzene rings is 1. The van der Waals surface area contributed by atoms with Crippen LogP contribution in [0.5, 0.6) is 0 Å². The zero-order valence-corrected chi connectivity index (χ0v) is 7.92. The van der Waals surface area contributed by atoms with E-state index in [1.54, 1.807) is 0 Å². The highest BCUT2D eigenvalue weighted by molar-refractivity contribution is 6.66. The van der Waals surface area contributed by atoms with Gasteiger partial charge in [-0.15, -0.1) is 0 Å². The van der Waals surface area contributed by atoms with Crippen LogP contribution in [-0.4, -0.2) is 22.6 Å². The fraction of sp³-hybridized carbons (Fsp3) is 0. The summed E-state index contributed by atoms with van der Waals surface area (Å²) < 4.78 is 13.1. The summed E-state index contributed by atoms with van der Waals surface area (Å²) in [5, 5.41) is 7.96. The van der Waals surface area contributed by atoms with Gasteiger partial charge in [-0.25, -0.2) is 9.18 Å². The van der Waals surface area contributed by atoms with Gasteiger partial charge in [0.15, 0.2) is 0 Å². The van der Waals surface area contributed by atoms with Gasteiger partial charge in [0, 0.05) is 0 Å². The van der Waals surface area contributed by atoms with Crippen molar-refractivity contribution in [2.24, 2.45) is 0 Å². The van der Waals surface area contributed by atoms with E-state index in [1.807, 2.05) is 0 Å². The van der Waals surface area contributed by atoms with E-state index in [9.17, 15) is 18.8 Å². The van der Waals surface area contributed by atoms with Crippen molar-refractivity contribution in [1.29, 1.82) is 0 Å². The fourth-order valence-electron chi connectivity index (χ4n) is 0.925. The van der Waals surface area contributed by atoms with Crippen LogP contribution in [0.1, 0.15) is 10.4 Å². The molecule has 1 aromatic rings. The smallest absolute Gasteiger partial charge is 0.380 e. The molecule has 4 nitrogen and oxygen atoms in total. The monoisotopic (exact) mass is 230 g/mol. The lowest BCUT2D eigenvalue weighted by Crippen LogP contribution is -2.24. The van der Waals surface area contributed by atoms with E-state index in [0.717, 1.165) is 6.07 Å². The van der Waals surface area contributed by atoms with Crippen LogP contribution in [0.25, 0.3) is 0 Å². The molecular formula is C9H4ClFO4. The molecule has 0 aromatic heterocycles. The Hall–Kier alpha value is -1.75. The van der Waals surface area contributed by atoms with Gasteiger partial charge in [0.2, 0.25) is 5.78 Å². The minimum atomic E-state index is -1.95. The van der Waals surface area contributed by atoms with Crippen LogP contribution < -0.4 is 0 Å². The van der Waals surface area contributed by atoms with E-state index in [4.69, 9.17) is 16.7 Å². The van der Waals surface area contributed by atoms with Gasteiger partial charge in [0.05, 0.1) is 10.6 Å². The third kappa shape index (κ3) is 2.19. The molecule has 0 fully saturated rings. The summed E-state index contributed by atoms with van der Waals surface area (Å²) in [5.41, 5.74) is -0.716. The van der Waals surface area contributed by atoms with Crippen LogP contribution in [0, 0.1) is 5.82 Å². The quantitative estimate of drug-likeness (QED) is 0.483. The van der Waals surface area contributed by atoms with E-state index < -0.39 is 28.9 Å². The molecule has 0 spiro atoms. The van der Waals surface area contributed by atoms with E-state index in [2.05, 4.69) is 0 Å². The molecule has 1 aromatic carbocycles. The van der Waals surface area contributed by atoms with Crippen LogP contribution in [0.15, 0.2) is 18.2 Å². The van der Waals surface area contributed by atoms with Crippen molar-refractivity contribution in [3.8, 4) is 0 Å². The first-order chi connectivity index (χ1) is 6.95. The van der Waals surface area contributed by atoms with Crippen molar-refractivity contribution in [1.82, 2.24) is 0 Å². The van der Waals surface area contributed by atoms with E-state index in [-0.39, 0.29) is 5.02 Å². The molecule has 0 atom stereocenters. The average Bonchev–Trinajstić information content (AvgIpc) is 2.15. The number of carbonyl (C=O) groups is 3. The normalized spacial score (nSPS) is 9.73. The van der Waals surface area contributed by atoms with Crippen LogP contribution in [-0.2, 0) is 9.59 Å². The first kappa shape index (κ1) is 11.3. The van der Waals surface area contributed by atoms with E-state index >= 15 is 0 Å². The first-order valence-electron chi connectivity index (χ1n) is 3.71. The standard InChI is InChI=1S/C9H4ClFO4/c10-4-2-1-3-5(11)6(4)7(12)8(13)9(14)15/h1-3H,(H,14,15). The molecule has 0 bridgehead atoms. The van der Waals surface area contributed by atoms with Crippen molar-refractivity contribution in [3.05, 3.63) is 34.6 Å². The van der Waals surface area contributed by atoms with Gasteiger partial charge in [-0.05, 0) is 12.1 Å². The zero-order chi connectivity index (χ0) is 11.6. The molecule has 0 saturated carbocycles. The lowest BCUT2D eigenvalue weighted by Gasteiger charge is -2.01. The molecule has 0 saturated heterocycles. The largest absolute Gasteiger partial charge is 0.475 e. The number of rotatable bonds is 3. The summed E-state index contributed by atoms with van der Waals surface area (Å²) in [6, 6.07) is 3.33. The van der Waals surface area contributed by atoms with Crippen molar-refractivity contribution in [2.75, 3.05) is 0 Å². The molecule has 0 unspecified atom stereocenters. The summed E-state index contributed by atoms with van der Waals surface area (Å²) >= 11 is 5.47. The maximum atomic E-state index is 13.1. The zero-order valence-electron chi connectivity index (χ0n) is 7.16. The summed E-state index contributed by atoms with van der Waals surface area (Å²) in [6.45, 7) is 0. The van der Waals surface area contributed by atoms with Crippen molar-refractivity contribution < 1.29 is 23.9 Å². The Balaban J connectivity index is 3.23. The summed E-state index contributed by atoms with van der Waals surface area (Å²) in [6.07, 6.45) is 0. The van der Waals surface area contributed by atoms with Crippen LogP contribution in [0.4, 0.5) is 4.39 Å². The Kier molecular flexibility index (Phi) is 3.16. The topological polar surface area (TPSA) is 71.4 Å². The SMILES string of the molecule is O=C(O)C(=O)C(=O)c1c(F)cccc1Cl. The number of aliphatic carboxylic acids is 1. The van der Waals surface area contributed by atoms with Gasteiger partial charge in [-0.2, -0.15) is 0 Å². The number of Topliss-reactive ketones (excluding diaryl/α,β-unsaturated/α-hetero) is 2. The molecule has 6 heteroatoms. The molecule has 0 aliphatic carbocycles. The first-order valence-corrected chi connectivity index (χ1v) is 4.09. The second-order valence-corrected chi connectivity index (χ2v) is 2.97. The molecule has 78 valence electrons. The highest BCUT2D eigenvalue weighted by atomic mass is 35.5. The predicted octanol–water partition coefficient (Wildman–Crippen LogP) is 1.32. The Morgan fingerprint density at radius 3 is 2.33 bits per heavy atom. The lowest BCUT2D eigenvalue weighted by molar-refractivity contribution is -0.146. The van der Waals surface area contributed by atoms with Crippen LogP contribution in [0.2, 0.25) is 5.02 Å². The number of hydrogen-bond donors (Lipinski definition) is 1. The molecular weight excluding hydrogens is 227 g/mol. The average molecular weight is 231 g/mol. The summed E-state index contributed by atoms with van der Waals surface area (Å²) in [4.78, 5) is 32.1. The minimum Gasteiger partial charge on any atom is -0.475 e.